The molecule has 0 fully saturated rings. The zero-order valence-corrected chi connectivity index (χ0v) is 8.18. The van der Waals surface area contributed by atoms with E-state index >= 15 is 0 Å². The minimum atomic E-state index is 0.822. The van der Waals surface area contributed by atoms with Crippen LogP contribution in [-0.2, 0) is 0 Å². The first-order chi connectivity index (χ1) is 6.27. The van der Waals surface area contributed by atoms with E-state index in [0.29, 0.717) is 0 Å². The first-order valence-corrected chi connectivity index (χ1v) is 4.75. The zero-order chi connectivity index (χ0) is 9.26. The molecule has 0 bridgehead atoms. The Morgan fingerprint density at radius 3 is 3.00 bits per heavy atom. The van der Waals surface area contributed by atoms with Crippen LogP contribution in [0.1, 0.15) is 17.5 Å². The Morgan fingerprint density at radius 2 is 2.15 bits per heavy atom. The molecule has 0 radical (unpaired) electrons. The molecule has 0 spiro atoms. The van der Waals surface area contributed by atoms with Gasteiger partial charge in [0.1, 0.15) is 5.75 Å². The summed E-state index contributed by atoms with van der Waals surface area (Å²) in [5.74, 6) is 1.01. The minimum absolute atomic E-state index is 0.822. The highest BCUT2D eigenvalue weighted by Gasteiger charge is 2.10. The van der Waals surface area contributed by atoms with Gasteiger partial charge in [0.25, 0.3) is 0 Å². The van der Waals surface area contributed by atoms with Crippen molar-refractivity contribution in [2.24, 2.45) is 0 Å². The summed E-state index contributed by atoms with van der Waals surface area (Å²) in [4.78, 5) is 0. The Balaban J connectivity index is 2.47. The van der Waals surface area contributed by atoms with Crippen LogP contribution in [0.4, 0.5) is 5.69 Å². The van der Waals surface area contributed by atoms with E-state index in [4.69, 9.17) is 4.74 Å². The van der Waals surface area contributed by atoms with Gasteiger partial charge in [-0.1, -0.05) is 6.07 Å². The average molecular weight is 177 g/mol. The normalized spacial score (nSPS) is 15.2. The van der Waals surface area contributed by atoms with E-state index in [9.17, 15) is 0 Å². The summed E-state index contributed by atoms with van der Waals surface area (Å²) in [6.45, 7) is 6.05. The summed E-state index contributed by atoms with van der Waals surface area (Å²) in [6, 6.07) is 4.28. The van der Waals surface area contributed by atoms with Gasteiger partial charge in [0.2, 0.25) is 0 Å². The van der Waals surface area contributed by atoms with Crippen LogP contribution < -0.4 is 10.1 Å². The smallest absolute Gasteiger partial charge is 0.142 e. The van der Waals surface area contributed by atoms with Crippen molar-refractivity contribution in [2.75, 3.05) is 18.5 Å². The third-order valence-electron chi connectivity index (χ3n) is 2.32. The van der Waals surface area contributed by atoms with Crippen LogP contribution in [0.15, 0.2) is 12.1 Å². The lowest BCUT2D eigenvalue weighted by Crippen LogP contribution is -2.01. The Labute approximate surface area is 78.9 Å². The molecule has 2 rings (SSSR count). The zero-order valence-electron chi connectivity index (χ0n) is 8.18. The highest BCUT2D eigenvalue weighted by Crippen LogP contribution is 2.31. The number of hydrogen-bond acceptors (Lipinski definition) is 2. The summed E-state index contributed by atoms with van der Waals surface area (Å²) in [7, 11) is 0. The van der Waals surface area contributed by atoms with Gasteiger partial charge in [-0.15, -0.1) is 0 Å². The predicted octanol–water partition coefficient (Wildman–Crippen LogP) is 2.50. The highest BCUT2D eigenvalue weighted by molar-refractivity contribution is 5.63. The van der Waals surface area contributed by atoms with Crippen molar-refractivity contribution < 1.29 is 4.74 Å². The van der Waals surface area contributed by atoms with Crippen LogP contribution in [0.2, 0.25) is 0 Å². The van der Waals surface area contributed by atoms with Gasteiger partial charge in [-0.25, -0.2) is 0 Å². The van der Waals surface area contributed by atoms with E-state index in [2.05, 4.69) is 31.3 Å². The maximum absolute atomic E-state index is 5.65. The van der Waals surface area contributed by atoms with Gasteiger partial charge in [0.15, 0.2) is 0 Å². The first kappa shape index (κ1) is 8.42. The SMILES string of the molecule is Cc1cc(C)c2c(c1)OCCCN2. The van der Waals surface area contributed by atoms with Crippen LogP contribution in [-0.4, -0.2) is 13.2 Å². The molecule has 0 saturated carbocycles. The van der Waals surface area contributed by atoms with E-state index in [-0.39, 0.29) is 0 Å². The molecule has 1 heterocycles. The lowest BCUT2D eigenvalue weighted by molar-refractivity contribution is 0.322. The lowest BCUT2D eigenvalue weighted by atomic mass is 10.1. The Hall–Kier alpha value is -1.18. The minimum Gasteiger partial charge on any atom is -0.491 e. The molecule has 2 heteroatoms. The maximum atomic E-state index is 5.65. The third-order valence-corrected chi connectivity index (χ3v) is 2.32. The van der Waals surface area contributed by atoms with Crippen LogP contribution >= 0.6 is 0 Å². The maximum Gasteiger partial charge on any atom is 0.142 e. The quantitative estimate of drug-likeness (QED) is 0.657. The number of rotatable bonds is 0. The number of nitrogens with one attached hydrogen (secondary N) is 1. The number of benzene rings is 1. The largest absolute Gasteiger partial charge is 0.491 e. The van der Waals surface area contributed by atoms with Gasteiger partial charge < -0.3 is 10.1 Å². The molecule has 0 amide bonds. The second-order valence-electron chi connectivity index (χ2n) is 3.58. The second-order valence-corrected chi connectivity index (χ2v) is 3.58. The number of anilines is 1. The molecule has 1 aromatic rings. The van der Waals surface area contributed by atoms with Crippen molar-refractivity contribution in [3.63, 3.8) is 0 Å². The fourth-order valence-corrected chi connectivity index (χ4v) is 1.74. The first-order valence-electron chi connectivity index (χ1n) is 4.75. The fraction of sp³-hybridized carbons (Fsp3) is 0.455. The summed E-state index contributed by atoms with van der Waals surface area (Å²) >= 11 is 0. The monoisotopic (exact) mass is 177 g/mol. The molecule has 1 N–H and O–H groups in total. The van der Waals surface area contributed by atoms with E-state index in [0.717, 1.165) is 25.3 Å². The molecule has 1 aromatic carbocycles. The molecule has 2 nitrogen and oxygen atoms in total. The number of ether oxygens (including phenoxy) is 1. The van der Waals surface area contributed by atoms with E-state index in [1.807, 2.05) is 0 Å². The molecular formula is C11H15NO. The number of fused-ring (bicyclic) bond motifs is 1. The van der Waals surface area contributed by atoms with E-state index < -0.39 is 0 Å². The Kier molecular flexibility index (Phi) is 2.13. The van der Waals surface area contributed by atoms with Crippen molar-refractivity contribution in [1.29, 1.82) is 0 Å². The molecule has 1 aliphatic heterocycles. The third kappa shape index (κ3) is 1.62. The number of aryl methyl sites for hydroxylation is 2. The molecule has 13 heavy (non-hydrogen) atoms. The molecule has 1 aliphatic rings. The van der Waals surface area contributed by atoms with Gasteiger partial charge in [-0.2, -0.15) is 0 Å². The van der Waals surface area contributed by atoms with Gasteiger partial charge >= 0.3 is 0 Å². The Morgan fingerprint density at radius 1 is 1.31 bits per heavy atom. The molecule has 0 aliphatic carbocycles. The van der Waals surface area contributed by atoms with Crippen molar-refractivity contribution in [1.82, 2.24) is 0 Å². The van der Waals surface area contributed by atoms with Gasteiger partial charge in [-0.3, -0.25) is 0 Å². The van der Waals surface area contributed by atoms with Crippen LogP contribution in [0, 0.1) is 13.8 Å². The second kappa shape index (κ2) is 3.29. The summed E-state index contributed by atoms with van der Waals surface area (Å²) in [5.41, 5.74) is 3.71. The van der Waals surface area contributed by atoms with Crippen molar-refractivity contribution in [3.8, 4) is 5.75 Å². The molecule has 0 unspecified atom stereocenters. The lowest BCUT2D eigenvalue weighted by Gasteiger charge is -2.11. The van der Waals surface area contributed by atoms with Gasteiger partial charge in [0.05, 0.1) is 12.3 Å². The average Bonchev–Trinajstić information content (AvgIpc) is 2.28. The van der Waals surface area contributed by atoms with E-state index in [1.165, 1.54) is 16.8 Å². The van der Waals surface area contributed by atoms with E-state index in [1.54, 1.807) is 0 Å². The highest BCUT2D eigenvalue weighted by atomic mass is 16.5. The van der Waals surface area contributed by atoms with Crippen LogP contribution in [0.25, 0.3) is 0 Å². The molecular weight excluding hydrogens is 162 g/mol. The predicted molar refractivity (Wildman–Crippen MR) is 54.5 cm³/mol. The number of hydrogen-bond donors (Lipinski definition) is 1. The molecule has 0 saturated heterocycles. The van der Waals surface area contributed by atoms with Gasteiger partial charge in [0, 0.05) is 6.54 Å². The molecule has 0 aromatic heterocycles. The standard InChI is InChI=1S/C11H15NO/c1-8-6-9(2)11-10(7-8)13-5-3-4-12-11/h6-7,12H,3-5H2,1-2H3. The molecule has 70 valence electrons. The van der Waals surface area contributed by atoms with Crippen molar-refractivity contribution >= 4 is 5.69 Å². The van der Waals surface area contributed by atoms with Crippen LogP contribution in [0.3, 0.4) is 0 Å². The fourth-order valence-electron chi connectivity index (χ4n) is 1.74. The topological polar surface area (TPSA) is 21.3 Å². The summed E-state index contributed by atoms with van der Waals surface area (Å²) < 4.78 is 5.65. The van der Waals surface area contributed by atoms with Crippen LogP contribution in [0.5, 0.6) is 5.75 Å². The van der Waals surface area contributed by atoms with Gasteiger partial charge in [-0.05, 0) is 37.5 Å². The van der Waals surface area contributed by atoms with Crippen molar-refractivity contribution in [3.05, 3.63) is 23.3 Å². The molecule has 0 atom stereocenters. The Bertz CT molecular complexity index is 320. The summed E-state index contributed by atoms with van der Waals surface area (Å²) in [5, 5.41) is 3.40. The summed E-state index contributed by atoms with van der Waals surface area (Å²) in [6.07, 6.45) is 1.08. The van der Waals surface area contributed by atoms with Crippen molar-refractivity contribution in [2.45, 2.75) is 20.3 Å².